The molecule has 0 saturated heterocycles. The number of hydrogen-bond donors (Lipinski definition) is 3. The number of benzene rings is 2. The molecule has 33 heavy (non-hydrogen) atoms. The average Bonchev–Trinajstić information content (AvgIpc) is 2.82. The topological polar surface area (TPSA) is 146 Å². The minimum Gasteiger partial charge on any atom is -0.371 e. The van der Waals surface area contributed by atoms with E-state index in [1.807, 2.05) is 36.4 Å². The first-order valence-corrected chi connectivity index (χ1v) is 11.3. The standard InChI is InChI=1S/C22H25ClN10/c23-18-6-4-5-15(9-18)12-26-31-21-22(7-2-1-3-8-22)30-20-11-17(14-28-33-25)16(13-27-32-24)10-19(20)29-21/h4-6,9-11,26,30H,1-3,7-8,12-14H2,(H,29,31). The molecule has 0 unspecified atom stereocenters. The molecule has 3 N–H and O–H groups in total. The number of nitrogens with one attached hydrogen (secondary N) is 3. The Labute approximate surface area is 196 Å². The molecule has 1 saturated carbocycles. The summed E-state index contributed by atoms with van der Waals surface area (Å²) in [4.78, 5) is 10.7. The fourth-order valence-electron chi connectivity index (χ4n) is 4.47. The van der Waals surface area contributed by atoms with Gasteiger partial charge < -0.3 is 10.7 Å². The van der Waals surface area contributed by atoms with Gasteiger partial charge in [-0.1, -0.05) is 53.2 Å². The molecular weight excluding hydrogens is 440 g/mol. The van der Waals surface area contributed by atoms with Gasteiger partial charge in [0, 0.05) is 21.4 Å². The van der Waals surface area contributed by atoms with Crippen LogP contribution in [0.25, 0.3) is 20.9 Å². The molecule has 4 rings (SSSR count). The molecule has 1 spiro atoms. The third kappa shape index (κ3) is 5.32. The molecule has 1 aliphatic heterocycles. The summed E-state index contributed by atoms with van der Waals surface area (Å²) in [6, 6.07) is 11.6. The summed E-state index contributed by atoms with van der Waals surface area (Å²) in [5, 5.41) is 11.8. The number of anilines is 1. The summed E-state index contributed by atoms with van der Waals surface area (Å²) in [5.41, 5.74) is 28.2. The summed E-state index contributed by atoms with van der Waals surface area (Å²) in [7, 11) is 0. The van der Waals surface area contributed by atoms with Crippen molar-refractivity contribution in [3.8, 4) is 0 Å². The number of hydrazine groups is 1. The monoisotopic (exact) mass is 464 g/mol. The fourth-order valence-corrected chi connectivity index (χ4v) is 4.68. The molecule has 2 aromatic rings. The van der Waals surface area contributed by atoms with Crippen LogP contribution in [0.5, 0.6) is 0 Å². The van der Waals surface area contributed by atoms with Crippen LogP contribution in [0.3, 0.4) is 0 Å². The summed E-state index contributed by atoms with van der Waals surface area (Å²) in [5.74, 6) is 0.842. The number of aliphatic imine (C=N–C) groups is 1. The molecule has 0 radical (unpaired) electrons. The lowest BCUT2D eigenvalue weighted by molar-refractivity contribution is 0.391. The van der Waals surface area contributed by atoms with E-state index in [-0.39, 0.29) is 18.6 Å². The Kier molecular flexibility index (Phi) is 7.22. The van der Waals surface area contributed by atoms with Crippen molar-refractivity contribution in [2.45, 2.75) is 57.3 Å². The maximum atomic E-state index is 8.76. The Morgan fingerprint density at radius 1 is 1.03 bits per heavy atom. The second kappa shape index (κ2) is 10.5. The normalized spacial score (nSPS) is 16.0. The largest absolute Gasteiger partial charge is 0.371 e. The molecule has 0 atom stereocenters. The van der Waals surface area contributed by atoms with Gasteiger partial charge in [-0.15, -0.1) is 0 Å². The lowest BCUT2D eigenvalue weighted by atomic mass is 9.79. The van der Waals surface area contributed by atoms with Gasteiger partial charge in [0.25, 0.3) is 0 Å². The predicted octanol–water partition coefficient (Wildman–Crippen LogP) is 6.41. The highest BCUT2D eigenvalue weighted by atomic mass is 35.5. The first-order valence-electron chi connectivity index (χ1n) is 10.9. The van der Waals surface area contributed by atoms with Gasteiger partial charge in [0.05, 0.1) is 30.0 Å². The zero-order chi connectivity index (χ0) is 23.1. The summed E-state index contributed by atoms with van der Waals surface area (Å²) >= 11 is 6.10. The average molecular weight is 465 g/mol. The number of azide groups is 2. The van der Waals surface area contributed by atoms with E-state index in [9.17, 15) is 0 Å². The van der Waals surface area contributed by atoms with Crippen LogP contribution in [0.4, 0.5) is 11.4 Å². The highest BCUT2D eigenvalue weighted by molar-refractivity contribution is 6.30. The third-order valence-corrected chi connectivity index (χ3v) is 6.32. The Balaban J connectivity index is 1.64. The van der Waals surface area contributed by atoms with E-state index in [4.69, 9.17) is 27.7 Å². The van der Waals surface area contributed by atoms with Crippen molar-refractivity contribution in [3.63, 3.8) is 0 Å². The predicted molar refractivity (Wildman–Crippen MR) is 130 cm³/mol. The molecule has 0 amide bonds. The summed E-state index contributed by atoms with van der Waals surface area (Å²) in [6.45, 7) is 0.941. The first-order chi connectivity index (χ1) is 16.1. The van der Waals surface area contributed by atoms with E-state index >= 15 is 0 Å². The van der Waals surface area contributed by atoms with Gasteiger partial charge in [-0.2, -0.15) is 0 Å². The van der Waals surface area contributed by atoms with Gasteiger partial charge in [0.2, 0.25) is 0 Å². The molecule has 1 heterocycles. The molecule has 11 heteroatoms. The molecule has 10 nitrogen and oxygen atoms in total. The Morgan fingerprint density at radius 3 is 2.45 bits per heavy atom. The highest BCUT2D eigenvalue weighted by Gasteiger charge is 2.40. The number of nitrogens with zero attached hydrogens (tertiary/aromatic N) is 7. The molecule has 1 fully saturated rings. The van der Waals surface area contributed by atoms with Crippen LogP contribution in [0.15, 0.2) is 51.6 Å². The Hall–Kier alpha value is -3.42. The number of rotatable bonds is 7. The van der Waals surface area contributed by atoms with Crippen molar-refractivity contribution < 1.29 is 0 Å². The molecule has 0 bridgehead atoms. The number of hydrogen-bond acceptors (Lipinski definition) is 6. The van der Waals surface area contributed by atoms with Crippen molar-refractivity contribution >= 4 is 28.8 Å². The molecular formula is C22H25ClN10. The van der Waals surface area contributed by atoms with Crippen LogP contribution in [-0.4, -0.2) is 11.4 Å². The zero-order valence-electron chi connectivity index (χ0n) is 18.1. The van der Waals surface area contributed by atoms with E-state index in [1.165, 1.54) is 6.42 Å². The lowest BCUT2D eigenvalue weighted by Crippen LogP contribution is -2.57. The molecule has 2 aromatic carbocycles. The van der Waals surface area contributed by atoms with Gasteiger partial charge in [0.1, 0.15) is 5.84 Å². The van der Waals surface area contributed by atoms with Crippen LogP contribution in [0.1, 0.15) is 48.8 Å². The highest BCUT2D eigenvalue weighted by Crippen LogP contribution is 2.41. The van der Waals surface area contributed by atoms with E-state index < -0.39 is 0 Å². The Morgan fingerprint density at radius 2 is 1.76 bits per heavy atom. The molecule has 0 aromatic heterocycles. The van der Waals surface area contributed by atoms with Crippen molar-refractivity contribution in [3.05, 3.63) is 79.0 Å². The maximum Gasteiger partial charge on any atom is 0.142 e. The van der Waals surface area contributed by atoms with Crippen LogP contribution in [-0.2, 0) is 19.6 Å². The molecule has 170 valence electrons. The minimum absolute atomic E-state index is 0.163. The van der Waals surface area contributed by atoms with Crippen molar-refractivity contribution in [1.82, 2.24) is 10.9 Å². The van der Waals surface area contributed by atoms with Crippen LogP contribution >= 0.6 is 11.6 Å². The number of fused-ring (bicyclic) bond motifs is 1. The third-order valence-electron chi connectivity index (χ3n) is 6.08. The summed E-state index contributed by atoms with van der Waals surface area (Å²) < 4.78 is 0. The second-order valence-corrected chi connectivity index (χ2v) is 8.69. The van der Waals surface area contributed by atoms with E-state index in [0.717, 1.165) is 59.6 Å². The van der Waals surface area contributed by atoms with Crippen molar-refractivity contribution in [1.29, 1.82) is 0 Å². The molecule has 2 aliphatic rings. The van der Waals surface area contributed by atoms with Gasteiger partial charge in [-0.05, 0) is 64.9 Å². The molecule has 1 aliphatic carbocycles. The van der Waals surface area contributed by atoms with Gasteiger partial charge in [0.15, 0.2) is 0 Å². The number of halogens is 1. The van der Waals surface area contributed by atoms with Crippen LogP contribution in [0, 0.1) is 0 Å². The lowest BCUT2D eigenvalue weighted by Gasteiger charge is -2.43. The first kappa shape index (κ1) is 22.8. The van der Waals surface area contributed by atoms with Crippen LogP contribution in [0.2, 0.25) is 5.02 Å². The fraction of sp³-hybridized carbons (Fsp3) is 0.409. The summed E-state index contributed by atoms with van der Waals surface area (Å²) in [6.07, 6.45) is 5.34. The zero-order valence-corrected chi connectivity index (χ0v) is 18.9. The quantitative estimate of drug-likeness (QED) is 0.188. The van der Waals surface area contributed by atoms with Gasteiger partial charge >= 0.3 is 0 Å². The van der Waals surface area contributed by atoms with Gasteiger partial charge in [-0.3, -0.25) is 0 Å². The smallest absolute Gasteiger partial charge is 0.142 e. The second-order valence-electron chi connectivity index (χ2n) is 8.25. The maximum absolute atomic E-state index is 8.76. The van der Waals surface area contributed by atoms with Crippen molar-refractivity contribution in [2.75, 3.05) is 5.32 Å². The Bertz CT molecular complexity index is 1140. The van der Waals surface area contributed by atoms with Crippen molar-refractivity contribution in [2.24, 2.45) is 15.2 Å². The van der Waals surface area contributed by atoms with E-state index in [1.54, 1.807) is 0 Å². The number of amidine groups is 1. The SMILES string of the molecule is [N-]=[N+]=NCc1cc2c(cc1CN=[N+]=[N-])NC1(CCCCC1)C(NNCc1cccc(Cl)c1)=N2. The van der Waals surface area contributed by atoms with Gasteiger partial charge in [-0.25, -0.2) is 10.4 Å². The van der Waals surface area contributed by atoms with E-state index in [2.05, 4.69) is 36.2 Å². The van der Waals surface area contributed by atoms with Crippen LogP contribution < -0.4 is 16.2 Å². The minimum atomic E-state index is -0.297. The van der Waals surface area contributed by atoms with E-state index in [0.29, 0.717) is 11.6 Å².